The second-order valence-corrected chi connectivity index (χ2v) is 11.7. The van der Waals surface area contributed by atoms with Crippen molar-refractivity contribution in [1.29, 1.82) is 0 Å². The number of alkyl carbamates (subject to hydrolysis) is 1. The molecule has 0 fully saturated rings. The lowest BCUT2D eigenvalue weighted by molar-refractivity contribution is 0.0465. The molecule has 0 aliphatic heterocycles. The Balaban J connectivity index is 1.27. The predicted octanol–water partition coefficient (Wildman–Crippen LogP) is 5.46. The van der Waals surface area contributed by atoms with Crippen LogP contribution < -0.4 is 26.0 Å². The maximum atomic E-state index is 12.2. The fraction of sp³-hybridized carbons (Fsp3) is 0.276. The number of fused-ring (bicyclic) bond motifs is 2. The molecule has 0 atom stereocenters. The lowest BCUT2D eigenvalue weighted by Gasteiger charge is -2.30. The molecule has 0 spiro atoms. The Morgan fingerprint density at radius 2 is 1.72 bits per heavy atom. The Morgan fingerprint density at radius 3 is 2.49 bits per heavy atom. The highest BCUT2D eigenvalue weighted by molar-refractivity contribution is 7.80. The molecule has 0 saturated carbocycles. The van der Waals surface area contributed by atoms with Crippen molar-refractivity contribution in [3.8, 4) is 11.6 Å². The third-order valence-corrected chi connectivity index (χ3v) is 6.15. The molecule has 3 heterocycles. The number of aromatic nitrogens is 6. The Morgan fingerprint density at radius 1 is 0.930 bits per heavy atom. The van der Waals surface area contributed by atoms with Crippen LogP contribution in [-0.2, 0) is 4.74 Å². The molecule has 1 amide bonds. The number of anilines is 3. The van der Waals surface area contributed by atoms with Gasteiger partial charge in [-0.2, -0.15) is 0 Å². The molecule has 14 heteroatoms. The lowest BCUT2D eigenvalue weighted by atomic mass is 10.1. The fourth-order valence-electron chi connectivity index (χ4n) is 4.13. The van der Waals surface area contributed by atoms with Crippen LogP contribution in [0.25, 0.3) is 16.6 Å². The number of benzene rings is 2. The number of carbonyl (C=O) groups excluding carboxylic acids is 1. The molecular weight excluding hydrogens is 568 g/mol. The standard InChI is InChI=1S/C29H32N10O3S/c1-17-11-18(8-10-22(17)41-24-13-23-38-33-16-39(23)15-32-24)34-25-20-12-19(7-9-21(20)30-14-31-25)35-26(43)36-29(5,6)37-27(40)42-28(2,3)4/h7-16H,1-6H3,(H,37,40)(H,30,31,34)(H2,35,36,43). The SMILES string of the molecule is Cc1cc(Nc2ncnc3ccc(NC(=S)NC(C)(C)NC(=O)OC(C)(C)C)cc23)ccc1Oc1cc2nncn2cn1. The van der Waals surface area contributed by atoms with E-state index in [0.29, 0.717) is 33.9 Å². The third kappa shape index (κ3) is 7.60. The first kappa shape index (κ1) is 29.4. The number of hydrogen-bond donors (Lipinski definition) is 4. The molecule has 2 aromatic carbocycles. The maximum Gasteiger partial charge on any atom is 0.409 e. The number of nitrogens with one attached hydrogen (secondary N) is 4. The van der Waals surface area contributed by atoms with E-state index in [1.54, 1.807) is 57.7 Å². The highest BCUT2D eigenvalue weighted by Crippen LogP contribution is 2.30. The molecule has 0 radical (unpaired) electrons. The van der Waals surface area contributed by atoms with E-state index in [1.165, 1.54) is 6.33 Å². The third-order valence-electron chi connectivity index (χ3n) is 5.95. The molecule has 5 rings (SSSR count). The Labute approximate surface area is 253 Å². The van der Waals surface area contributed by atoms with Crippen molar-refractivity contribution in [2.75, 3.05) is 10.6 Å². The molecule has 4 N–H and O–H groups in total. The zero-order valence-electron chi connectivity index (χ0n) is 24.6. The second kappa shape index (κ2) is 11.6. The Bertz CT molecular complexity index is 1820. The normalized spacial score (nSPS) is 11.7. The van der Waals surface area contributed by atoms with E-state index in [-0.39, 0.29) is 0 Å². The van der Waals surface area contributed by atoms with Crippen molar-refractivity contribution in [3.63, 3.8) is 0 Å². The quantitative estimate of drug-likeness (QED) is 0.139. The van der Waals surface area contributed by atoms with Crippen LogP contribution in [0.2, 0.25) is 0 Å². The first-order chi connectivity index (χ1) is 20.3. The van der Waals surface area contributed by atoms with E-state index in [4.69, 9.17) is 21.7 Å². The van der Waals surface area contributed by atoms with Gasteiger partial charge in [0.25, 0.3) is 0 Å². The summed E-state index contributed by atoms with van der Waals surface area (Å²) in [6, 6.07) is 13.1. The van der Waals surface area contributed by atoms with Crippen LogP contribution in [0.1, 0.15) is 40.2 Å². The van der Waals surface area contributed by atoms with Crippen molar-refractivity contribution in [2.45, 2.75) is 52.8 Å². The average molecular weight is 601 g/mol. The van der Waals surface area contributed by atoms with Gasteiger partial charge in [-0.05, 0) is 95.7 Å². The molecule has 0 aliphatic rings. The summed E-state index contributed by atoms with van der Waals surface area (Å²) in [5.74, 6) is 1.69. The van der Waals surface area contributed by atoms with Crippen molar-refractivity contribution >= 4 is 57.2 Å². The summed E-state index contributed by atoms with van der Waals surface area (Å²) in [6.07, 6.45) is 4.13. The van der Waals surface area contributed by atoms with Gasteiger partial charge in [-0.25, -0.2) is 19.7 Å². The van der Waals surface area contributed by atoms with E-state index in [9.17, 15) is 4.79 Å². The van der Waals surface area contributed by atoms with Gasteiger partial charge >= 0.3 is 6.09 Å². The Hall–Kier alpha value is -5.11. The van der Waals surface area contributed by atoms with Crippen LogP contribution in [0, 0.1) is 6.92 Å². The largest absolute Gasteiger partial charge is 0.444 e. The van der Waals surface area contributed by atoms with Crippen molar-refractivity contribution in [1.82, 2.24) is 40.2 Å². The van der Waals surface area contributed by atoms with Crippen molar-refractivity contribution < 1.29 is 14.3 Å². The highest BCUT2D eigenvalue weighted by atomic mass is 32.1. The molecule has 13 nitrogen and oxygen atoms in total. The molecule has 43 heavy (non-hydrogen) atoms. The van der Waals surface area contributed by atoms with Gasteiger partial charge in [0.05, 0.1) is 5.52 Å². The van der Waals surface area contributed by atoms with Crippen LogP contribution in [-0.4, -0.2) is 52.0 Å². The number of aryl methyl sites for hydroxylation is 1. The van der Waals surface area contributed by atoms with Crippen molar-refractivity contribution in [2.24, 2.45) is 0 Å². The van der Waals surface area contributed by atoms with Crippen LogP contribution in [0.15, 0.2) is 61.4 Å². The van der Waals surface area contributed by atoms with Gasteiger partial charge in [0, 0.05) is 22.8 Å². The maximum absolute atomic E-state index is 12.2. The molecule has 0 unspecified atom stereocenters. The van der Waals surface area contributed by atoms with Crippen LogP contribution in [0.3, 0.4) is 0 Å². The highest BCUT2D eigenvalue weighted by Gasteiger charge is 2.25. The minimum Gasteiger partial charge on any atom is -0.444 e. The number of nitrogens with zero attached hydrogens (tertiary/aromatic N) is 6. The van der Waals surface area contributed by atoms with Gasteiger partial charge in [-0.1, -0.05) is 0 Å². The molecule has 5 aromatic rings. The molecule has 0 aliphatic carbocycles. The minimum atomic E-state index is -0.869. The van der Waals surface area contributed by atoms with Crippen molar-refractivity contribution in [3.05, 3.63) is 67.0 Å². The van der Waals surface area contributed by atoms with Gasteiger partial charge in [0.2, 0.25) is 5.88 Å². The first-order valence-corrected chi connectivity index (χ1v) is 13.8. The Kier molecular flexibility index (Phi) is 7.96. The summed E-state index contributed by atoms with van der Waals surface area (Å²) in [4.78, 5) is 25.4. The number of amides is 1. The molecule has 0 saturated heterocycles. The van der Waals surface area contributed by atoms with E-state index >= 15 is 0 Å². The van der Waals surface area contributed by atoms with Crippen LogP contribution in [0.5, 0.6) is 11.6 Å². The molecule has 222 valence electrons. The number of ether oxygens (including phenoxy) is 2. The van der Waals surface area contributed by atoms with Gasteiger partial charge < -0.3 is 25.4 Å². The van der Waals surface area contributed by atoms with E-state index in [0.717, 1.165) is 22.2 Å². The van der Waals surface area contributed by atoms with Crippen LogP contribution >= 0.6 is 12.2 Å². The summed E-state index contributed by atoms with van der Waals surface area (Å²) in [5.41, 5.74) is 2.34. The van der Waals surface area contributed by atoms with Gasteiger partial charge in [0.15, 0.2) is 10.8 Å². The second-order valence-electron chi connectivity index (χ2n) is 11.3. The molecular formula is C29H32N10O3S. The summed E-state index contributed by atoms with van der Waals surface area (Å²) in [6.45, 7) is 10.9. The summed E-state index contributed by atoms with van der Waals surface area (Å²) < 4.78 is 13.0. The van der Waals surface area contributed by atoms with Gasteiger partial charge in [0.1, 0.15) is 41.8 Å². The molecule has 3 aromatic heterocycles. The smallest absolute Gasteiger partial charge is 0.409 e. The monoisotopic (exact) mass is 600 g/mol. The van der Waals surface area contributed by atoms with E-state index in [1.807, 2.05) is 43.3 Å². The average Bonchev–Trinajstić information content (AvgIpc) is 3.37. The molecule has 0 bridgehead atoms. The number of carbonyl (C=O) groups is 1. The summed E-state index contributed by atoms with van der Waals surface area (Å²) in [7, 11) is 0. The minimum absolute atomic E-state index is 0.315. The summed E-state index contributed by atoms with van der Waals surface area (Å²) in [5, 5.41) is 21.4. The number of thiocarbonyl (C=S) groups is 1. The topological polar surface area (TPSA) is 153 Å². The van der Waals surface area contributed by atoms with E-state index < -0.39 is 17.4 Å². The number of hydrogen-bond acceptors (Lipinski definition) is 10. The summed E-state index contributed by atoms with van der Waals surface area (Å²) >= 11 is 5.51. The lowest BCUT2D eigenvalue weighted by Crippen LogP contribution is -2.58. The fourth-order valence-corrected chi connectivity index (χ4v) is 4.50. The van der Waals surface area contributed by atoms with E-state index in [2.05, 4.69) is 46.4 Å². The van der Waals surface area contributed by atoms with Gasteiger partial charge in [-0.15, -0.1) is 10.2 Å². The zero-order valence-corrected chi connectivity index (χ0v) is 25.4. The predicted molar refractivity (Wildman–Crippen MR) is 168 cm³/mol. The zero-order chi connectivity index (χ0) is 30.8. The van der Waals surface area contributed by atoms with Gasteiger partial charge in [-0.3, -0.25) is 9.72 Å². The van der Waals surface area contributed by atoms with Crippen LogP contribution in [0.4, 0.5) is 22.0 Å². The number of rotatable bonds is 7. The first-order valence-electron chi connectivity index (χ1n) is 13.4.